The molecule has 2 aromatic carbocycles. The van der Waals surface area contributed by atoms with E-state index < -0.39 is 0 Å². The van der Waals surface area contributed by atoms with Crippen molar-refractivity contribution >= 4 is 17.3 Å². The zero-order valence-corrected chi connectivity index (χ0v) is 14.5. The van der Waals surface area contributed by atoms with E-state index in [1.54, 1.807) is 0 Å². The monoisotopic (exact) mass is 324 g/mol. The van der Waals surface area contributed by atoms with Crippen LogP contribution in [0.15, 0.2) is 54.6 Å². The molecule has 0 spiro atoms. The summed E-state index contributed by atoms with van der Waals surface area (Å²) in [4.78, 5) is 16.3. The van der Waals surface area contributed by atoms with Gasteiger partial charge in [-0.2, -0.15) is 0 Å². The fraction of sp³-hybridized carbons (Fsp3) is 0.350. The van der Waals surface area contributed by atoms with Crippen LogP contribution in [0.4, 0.5) is 11.4 Å². The first kappa shape index (κ1) is 16.5. The summed E-state index contributed by atoms with van der Waals surface area (Å²) < 4.78 is 0. The van der Waals surface area contributed by atoms with Crippen molar-refractivity contribution in [2.45, 2.75) is 19.9 Å². The molecule has 1 atom stereocenters. The fourth-order valence-corrected chi connectivity index (χ4v) is 3.34. The maximum atomic E-state index is 12.5. The molecule has 0 unspecified atom stereocenters. The Bertz CT molecular complexity index is 678. The molecule has 1 amide bonds. The van der Waals surface area contributed by atoms with Gasteiger partial charge in [0.2, 0.25) is 0 Å². The molecule has 0 aromatic heterocycles. The van der Waals surface area contributed by atoms with Gasteiger partial charge in [0.15, 0.2) is 6.04 Å². The van der Waals surface area contributed by atoms with Crippen molar-refractivity contribution in [3.8, 4) is 0 Å². The molecule has 0 aliphatic carbocycles. The standard InChI is InChI=1S/C20H25N3O/c1-16-8-6-7-11-19(16)23-14-12-22(13-15-23)17(2)20(24)21-18-9-4-3-5-10-18/h3-11,17H,12-15H2,1-2H3,(H,21,24)/p+1/t17-/m1/s1. The van der Waals surface area contributed by atoms with Gasteiger partial charge in [-0.1, -0.05) is 36.4 Å². The van der Waals surface area contributed by atoms with Crippen LogP contribution in [0, 0.1) is 6.92 Å². The van der Waals surface area contributed by atoms with Crippen molar-refractivity contribution in [1.82, 2.24) is 0 Å². The number of benzene rings is 2. The third kappa shape index (κ3) is 3.77. The Balaban J connectivity index is 1.56. The highest BCUT2D eigenvalue weighted by atomic mass is 16.2. The zero-order valence-electron chi connectivity index (χ0n) is 14.5. The lowest BCUT2D eigenvalue weighted by molar-refractivity contribution is -0.914. The van der Waals surface area contributed by atoms with Gasteiger partial charge in [-0.05, 0) is 37.6 Å². The van der Waals surface area contributed by atoms with Crippen LogP contribution in [0.1, 0.15) is 12.5 Å². The third-order valence-corrected chi connectivity index (χ3v) is 4.91. The van der Waals surface area contributed by atoms with Crippen LogP contribution < -0.4 is 15.1 Å². The number of hydrogen-bond acceptors (Lipinski definition) is 2. The number of aryl methyl sites for hydroxylation is 1. The lowest BCUT2D eigenvalue weighted by Crippen LogP contribution is -3.19. The van der Waals surface area contributed by atoms with Crippen molar-refractivity contribution in [2.75, 3.05) is 36.4 Å². The summed E-state index contributed by atoms with van der Waals surface area (Å²) in [6, 6.07) is 18.2. The molecule has 4 heteroatoms. The van der Waals surface area contributed by atoms with Gasteiger partial charge >= 0.3 is 0 Å². The predicted molar refractivity (Wildman–Crippen MR) is 98.6 cm³/mol. The molecule has 1 aliphatic rings. The van der Waals surface area contributed by atoms with Gasteiger partial charge in [-0.25, -0.2) is 0 Å². The number of carbonyl (C=O) groups is 1. The molecule has 4 nitrogen and oxygen atoms in total. The summed E-state index contributed by atoms with van der Waals surface area (Å²) in [6.45, 7) is 8.13. The second kappa shape index (κ2) is 7.49. The Labute approximate surface area is 144 Å². The molecule has 24 heavy (non-hydrogen) atoms. The van der Waals surface area contributed by atoms with E-state index >= 15 is 0 Å². The summed E-state index contributed by atoms with van der Waals surface area (Å²) in [5.74, 6) is 0.0977. The number of piperazine rings is 1. The minimum atomic E-state index is -0.0378. The first-order chi connectivity index (χ1) is 11.6. The van der Waals surface area contributed by atoms with Gasteiger partial charge in [0, 0.05) is 11.4 Å². The predicted octanol–water partition coefficient (Wildman–Crippen LogP) is 1.73. The molecule has 0 bridgehead atoms. The molecule has 1 heterocycles. The third-order valence-electron chi connectivity index (χ3n) is 4.91. The second-order valence-electron chi connectivity index (χ2n) is 6.51. The van der Waals surface area contributed by atoms with Gasteiger partial charge in [0.05, 0.1) is 26.2 Å². The molecule has 126 valence electrons. The minimum Gasteiger partial charge on any atom is -0.360 e. The molecule has 1 saturated heterocycles. The Hall–Kier alpha value is -2.33. The molecule has 0 saturated carbocycles. The smallest absolute Gasteiger partial charge is 0.282 e. The van der Waals surface area contributed by atoms with Crippen molar-refractivity contribution in [3.05, 3.63) is 60.2 Å². The summed E-state index contributed by atoms with van der Waals surface area (Å²) in [6.07, 6.45) is 0. The Morgan fingerprint density at radius 1 is 1.04 bits per heavy atom. The van der Waals surface area contributed by atoms with E-state index in [2.05, 4.69) is 41.4 Å². The van der Waals surface area contributed by atoms with E-state index in [1.807, 2.05) is 37.3 Å². The molecular weight excluding hydrogens is 298 g/mol. The summed E-state index contributed by atoms with van der Waals surface area (Å²) in [7, 11) is 0. The number of nitrogens with zero attached hydrogens (tertiary/aromatic N) is 1. The maximum Gasteiger partial charge on any atom is 0.282 e. The average molecular weight is 324 g/mol. The SMILES string of the molecule is Cc1ccccc1N1CC[NH+]([C@H](C)C(=O)Nc2ccccc2)CC1. The van der Waals surface area contributed by atoms with Crippen molar-refractivity contribution in [2.24, 2.45) is 0 Å². The highest BCUT2D eigenvalue weighted by Gasteiger charge is 2.29. The summed E-state index contributed by atoms with van der Waals surface area (Å²) >= 11 is 0. The number of nitrogens with one attached hydrogen (secondary N) is 2. The number of para-hydroxylation sites is 2. The lowest BCUT2D eigenvalue weighted by Gasteiger charge is -2.36. The largest absolute Gasteiger partial charge is 0.360 e. The Morgan fingerprint density at radius 3 is 2.33 bits per heavy atom. The number of amides is 1. The van der Waals surface area contributed by atoms with Crippen LogP contribution in [-0.2, 0) is 4.79 Å². The van der Waals surface area contributed by atoms with Crippen LogP contribution in [-0.4, -0.2) is 38.1 Å². The van der Waals surface area contributed by atoms with E-state index in [4.69, 9.17) is 0 Å². The summed E-state index contributed by atoms with van der Waals surface area (Å²) in [5, 5.41) is 3.02. The van der Waals surface area contributed by atoms with Crippen molar-refractivity contribution in [1.29, 1.82) is 0 Å². The van der Waals surface area contributed by atoms with Gasteiger partial charge in [-0.3, -0.25) is 4.79 Å². The number of hydrogen-bond donors (Lipinski definition) is 2. The van der Waals surface area contributed by atoms with Crippen molar-refractivity contribution in [3.63, 3.8) is 0 Å². The number of quaternary nitrogens is 1. The van der Waals surface area contributed by atoms with E-state index in [1.165, 1.54) is 16.2 Å². The van der Waals surface area contributed by atoms with Crippen molar-refractivity contribution < 1.29 is 9.69 Å². The summed E-state index contributed by atoms with van der Waals surface area (Å²) in [5.41, 5.74) is 3.50. The van der Waals surface area contributed by atoms with E-state index in [9.17, 15) is 4.79 Å². The van der Waals surface area contributed by atoms with Crippen LogP contribution in [0.3, 0.4) is 0 Å². The second-order valence-corrected chi connectivity index (χ2v) is 6.51. The molecule has 1 fully saturated rings. The van der Waals surface area contributed by atoms with Gasteiger partial charge in [-0.15, -0.1) is 0 Å². The van der Waals surface area contributed by atoms with Crippen LogP contribution in [0.25, 0.3) is 0 Å². The van der Waals surface area contributed by atoms with Crippen LogP contribution in [0.2, 0.25) is 0 Å². The van der Waals surface area contributed by atoms with E-state index in [0.717, 1.165) is 31.9 Å². The number of rotatable bonds is 4. The fourth-order valence-electron chi connectivity index (χ4n) is 3.34. The lowest BCUT2D eigenvalue weighted by atomic mass is 10.1. The highest BCUT2D eigenvalue weighted by molar-refractivity contribution is 5.93. The molecule has 2 N–H and O–H groups in total. The van der Waals surface area contributed by atoms with E-state index in [0.29, 0.717) is 0 Å². The molecule has 2 aromatic rings. The highest BCUT2D eigenvalue weighted by Crippen LogP contribution is 2.18. The minimum absolute atomic E-state index is 0.0378. The molecular formula is C20H26N3O+. The van der Waals surface area contributed by atoms with Gasteiger partial charge < -0.3 is 15.1 Å². The maximum absolute atomic E-state index is 12.5. The van der Waals surface area contributed by atoms with Crippen LogP contribution >= 0.6 is 0 Å². The molecule has 0 radical (unpaired) electrons. The van der Waals surface area contributed by atoms with E-state index in [-0.39, 0.29) is 11.9 Å². The molecule has 1 aliphatic heterocycles. The topological polar surface area (TPSA) is 36.8 Å². The average Bonchev–Trinajstić information content (AvgIpc) is 2.62. The molecule has 3 rings (SSSR count). The Kier molecular flexibility index (Phi) is 5.16. The van der Waals surface area contributed by atoms with Gasteiger partial charge in [0.25, 0.3) is 5.91 Å². The Morgan fingerprint density at radius 2 is 1.67 bits per heavy atom. The first-order valence-electron chi connectivity index (χ1n) is 8.66. The van der Waals surface area contributed by atoms with Crippen LogP contribution in [0.5, 0.6) is 0 Å². The quantitative estimate of drug-likeness (QED) is 0.899. The zero-order chi connectivity index (χ0) is 16.9. The number of anilines is 2. The number of carbonyl (C=O) groups excluding carboxylic acids is 1. The first-order valence-corrected chi connectivity index (χ1v) is 8.66. The normalized spacial score (nSPS) is 16.7. The van der Waals surface area contributed by atoms with Gasteiger partial charge in [0.1, 0.15) is 0 Å².